The van der Waals surface area contributed by atoms with Crippen molar-refractivity contribution in [2.24, 2.45) is 0 Å². The summed E-state index contributed by atoms with van der Waals surface area (Å²) in [7, 11) is -0.445. The first kappa shape index (κ1) is 28.6. The minimum absolute atomic E-state index is 0.0608. The van der Waals surface area contributed by atoms with Gasteiger partial charge in [-0.25, -0.2) is 0 Å². The fourth-order valence-corrected chi connectivity index (χ4v) is 7.87. The molecule has 0 amide bonds. The molecule has 1 heterocycles. The quantitative estimate of drug-likeness (QED) is 0.195. The van der Waals surface area contributed by atoms with Gasteiger partial charge in [0.15, 0.2) is 0 Å². The first-order valence-electron chi connectivity index (χ1n) is 16.3. The number of rotatable bonds is 3. The molecule has 1 aliphatic heterocycles. The summed E-state index contributed by atoms with van der Waals surface area (Å²) in [6.07, 6.45) is 0. The normalized spacial score (nSPS) is 19.2. The second-order valence-electron chi connectivity index (χ2n) is 15.3. The van der Waals surface area contributed by atoms with Crippen molar-refractivity contribution in [3.63, 3.8) is 0 Å². The van der Waals surface area contributed by atoms with Gasteiger partial charge in [0.2, 0.25) is 0 Å². The predicted octanol–water partition coefficient (Wildman–Crippen LogP) is 9.93. The largest absolute Gasteiger partial charge is 0.494 e. The van der Waals surface area contributed by atoms with Gasteiger partial charge in [-0.15, -0.1) is 0 Å². The molecule has 2 nitrogen and oxygen atoms in total. The van der Waals surface area contributed by atoms with Crippen molar-refractivity contribution in [3.05, 3.63) is 125 Å². The maximum Gasteiger partial charge on any atom is 0.494 e. The summed E-state index contributed by atoms with van der Waals surface area (Å²) in [6.45, 7) is 17.9. The molecule has 45 heavy (non-hydrogen) atoms. The van der Waals surface area contributed by atoms with E-state index in [2.05, 4.69) is 159 Å². The molecule has 1 fully saturated rings. The molecule has 0 bridgehead atoms. The van der Waals surface area contributed by atoms with Crippen molar-refractivity contribution in [2.45, 2.75) is 77.4 Å². The lowest BCUT2D eigenvalue weighted by molar-refractivity contribution is 0.00578. The predicted molar refractivity (Wildman–Crippen MR) is 188 cm³/mol. The Morgan fingerprint density at radius 3 is 1.24 bits per heavy atom. The van der Waals surface area contributed by atoms with E-state index < -0.39 is 18.3 Å². The van der Waals surface area contributed by atoms with E-state index in [-0.39, 0.29) is 10.8 Å². The summed E-state index contributed by atoms with van der Waals surface area (Å²) in [4.78, 5) is 0. The highest BCUT2D eigenvalue weighted by molar-refractivity contribution is 6.62. The average Bonchev–Trinajstić information content (AvgIpc) is 3.50. The first-order chi connectivity index (χ1) is 21.3. The zero-order chi connectivity index (χ0) is 31.5. The fourth-order valence-electron chi connectivity index (χ4n) is 7.87. The van der Waals surface area contributed by atoms with Crippen LogP contribution in [0.4, 0.5) is 0 Å². The van der Waals surface area contributed by atoms with Crippen molar-refractivity contribution in [2.75, 3.05) is 0 Å². The number of hydrogen-bond donors (Lipinski definition) is 0. The van der Waals surface area contributed by atoms with Gasteiger partial charge in [-0.3, -0.25) is 0 Å². The van der Waals surface area contributed by atoms with Crippen molar-refractivity contribution in [1.82, 2.24) is 0 Å². The van der Waals surface area contributed by atoms with Gasteiger partial charge in [0, 0.05) is 10.8 Å². The summed E-state index contributed by atoms with van der Waals surface area (Å²) in [5, 5.41) is 0. The Hall–Kier alpha value is -3.92. The van der Waals surface area contributed by atoms with Crippen LogP contribution in [0.15, 0.2) is 103 Å². The van der Waals surface area contributed by atoms with Crippen molar-refractivity contribution in [1.29, 1.82) is 0 Å². The van der Waals surface area contributed by atoms with Gasteiger partial charge in [-0.1, -0.05) is 113 Å². The van der Waals surface area contributed by atoms with Crippen LogP contribution in [0.25, 0.3) is 44.5 Å². The molecule has 2 aliphatic carbocycles. The zero-order valence-electron chi connectivity index (χ0n) is 27.7. The summed E-state index contributed by atoms with van der Waals surface area (Å²) >= 11 is 0. The number of benzene rings is 5. The molecule has 224 valence electrons. The lowest BCUT2D eigenvalue weighted by atomic mass is 9.75. The Balaban J connectivity index is 1.29. The maximum absolute atomic E-state index is 6.61. The van der Waals surface area contributed by atoms with E-state index in [4.69, 9.17) is 9.31 Å². The standard InChI is InChI=1S/C42H41BO2/c1-39(2)35-15-11-9-13-31(35)33-19-17-26(24-37(33)39)28-21-29(23-30(22-28)43-44-41(5,6)42(7,8)45-43)27-18-20-34-32-14-10-12-16-36(32)40(3,4)38(34)25-27/h9-25H,1-8H3. The van der Waals surface area contributed by atoms with Gasteiger partial charge in [0.25, 0.3) is 0 Å². The molecule has 5 aromatic rings. The molecule has 0 unspecified atom stereocenters. The molecule has 1 saturated heterocycles. The highest BCUT2D eigenvalue weighted by atomic mass is 16.7. The molecule has 0 N–H and O–H groups in total. The highest BCUT2D eigenvalue weighted by Crippen LogP contribution is 2.51. The van der Waals surface area contributed by atoms with Crippen LogP contribution >= 0.6 is 0 Å². The van der Waals surface area contributed by atoms with Crippen LogP contribution in [0.5, 0.6) is 0 Å². The van der Waals surface area contributed by atoms with Crippen molar-refractivity contribution >= 4 is 12.6 Å². The first-order valence-corrected chi connectivity index (χ1v) is 16.3. The molecule has 0 spiro atoms. The topological polar surface area (TPSA) is 18.5 Å². The number of fused-ring (bicyclic) bond motifs is 6. The number of hydrogen-bond acceptors (Lipinski definition) is 2. The minimum atomic E-state index is -0.445. The van der Waals surface area contributed by atoms with E-state index in [0.717, 1.165) is 5.46 Å². The van der Waals surface area contributed by atoms with Crippen molar-refractivity contribution in [3.8, 4) is 44.5 Å². The third-order valence-electron chi connectivity index (χ3n) is 11.3. The smallest absolute Gasteiger partial charge is 0.399 e. The molecule has 0 aromatic heterocycles. The summed E-state index contributed by atoms with van der Waals surface area (Å²) in [5.74, 6) is 0. The molecule has 5 aromatic carbocycles. The SMILES string of the molecule is CC1(C)c2ccccc2-c2ccc(-c3cc(B4OC(C)(C)C(C)(C)O4)cc(-c4ccc5c(c4)C(C)(C)c4ccccc4-5)c3)cc21. The van der Waals surface area contributed by atoms with E-state index in [1.807, 2.05) is 0 Å². The zero-order valence-corrected chi connectivity index (χ0v) is 27.7. The van der Waals surface area contributed by atoms with Crippen LogP contribution in [0.1, 0.15) is 77.6 Å². The maximum atomic E-state index is 6.61. The van der Waals surface area contributed by atoms with E-state index >= 15 is 0 Å². The van der Waals surface area contributed by atoms with Gasteiger partial charge in [-0.05, 0) is 118 Å². The van der Waals surface area contributed by atoms with E-state index in [0.29, 0.717) is 0 Å². The Labute approximate surface area is 268 Å². The third-order valence-corrected chi connectivity index (χ3v) is 11.3. The molecule has 3 heteroatoms. The Kier molecular flexibility index (Phi) is 5.91. The monoisotopic (exact) mass is 588 g/mol. The van der Waals surface area contributed by atoms with Crippen LogP contribution in [0.3, 0.4) is 0 Å². The van der Waals surface area contributed by atoms with Gasteiger partial charge in [0.1, 0.15) is 0 Å². The molecule has 0 radical (unpaired) electrons. The molecule has 3 aliphatic rings. The van der Waals surface area contributed by atoms with Crippen LogP contribution in [-0.2, 0) is 20.1 Å². The van der Waals surface area contributed by atoms with E-state index in [1.165, 1.54) is 66.8 Å². The Bertz CT molecular complexity index is 1890. The molecular formula is C42H41BO2. The van der Waals surface area contributed by atoms with Gasteiger partial charge >= 0.3 is 7.12 Å². The second kappa shape index (κ2) is 9.31. The molecular weight excluding hydrogens is 547 g/mol. The van der Waals surface area contributed by atoms with E-state index in [1.54, 1.807) is 0 Å². The second-order valence-corrected chi connectivity index (χ2v) is 15.3. The van der Waals surface area contributed by atoms with Crippen LogP contribution in [0, 0.1) is 0 Å². The fraction of sp³-hybridized carbons (Fsp3) is 0.286. The Morgan fingerprint density at radius 2 is 0.800 bits per heavy atom. The van der Waals surface area contributed by atoms with Gasteiger partial charge in [-0.2, -0.15) is 0 Å². The molecule has 0 atom stereocenters. The minimum Gasteiger partial charge on any atom is -0.399 e. The van der Waals surface area contributed by atoms with E-state index in [9.17, 15) is 0 Å². The van der Waals surface area contributed by atoms with Gasteiger partial charge < -0.3 is 9.31 Å². The highest BCUT2D eigenvalue weighted by Gasteiger charge is 2.52. The van der Waals surface area contributed by atoms with Crippen LogP contribution < -0.4 is 5.46 Å². The lowest BCUT2D eigenvalue weighted by Crippen LogP contribution is -2.41. The van der Waals surface area contributed by atoms with Crippen LogP contribution in [-0.4, -0.2) is 18.3 Å². The summed E-state index contributed by atoms with van der Waals surface area (Å²) < 4.78 is 13.2. The third kappa shape index (κ3) is 4.10. The summed E-state index contributed by atoms with van der Waals surface area (Å²) in [5.41, 5.74) is 15.8. The lowest BCUT2D eigenvalue weighted by Gasteiger charge is -2.32. The molecule has 0 saturated carbocycles. The Morgan fingerprint density at radius 1 is 0.400 bits per heavy atom. The average molecular weight is 589 g/mol. The summed E-state index contributed by atoms with van der Waals surface area (Å²) in [6, 6.07) is 38.6. The molecule has 8 rings (SSSR count). The van der Waals surface area contributed by atoms with Crippen molar-refractivity contribution < 1.29 is 9.31 Å². The van der Waals surface area contributed by atoms with Crippen LogP contribution in [0.2, 0.25) is 0 Å². The van der Waals surface area contributed by atoms with Gasteiger partial charge in [0.05, 0.1) is 11.2 Å².